The molecule has 3 nitrogen and oxygen atoms in total. The second-order valence-corrected chi connectivity index (χ2v) is 5.53. The maximum atomic E-state index is 5.76. The van der Waals surface area contributed by atoms with Crippen molar-refractivity contribution < 1.29 is 4.74 Å². The largest absolute Gasteiger partial charge is 0.496 e. The summed E-state index contributed by atoms with van der Waals surface area (Å²) in [5, 5.41) is 0. The van der Waals surface area contributed by atoms with Crippen molar-refractivity contribution in [3.8, 4) is 5.75 Å². The number of thiocarbonyl (C=S) groups is 1. The zero-order chi connectivity index (χ0) is 15.4. The lowest BCUT2D eigenvalue weighted by atomic mass is 10.1. The van der Waals surface area contributed by atoms with Gasteiger partial charge in [0.15, 0.2) is 0 Å². The first-order chi connectivity index (χ1) is 10.0. The lowest BCUT2D eigenvalue weighted by Gasteiger charge is -2.20. The van der Waals surface area contributed by atoms with Crippen molar-refractivity contribution in [2.75, 3.05) is 19.1 Å². The van der Waals surface area contributed by atoms with Crippen LogP contribution in [-0.2, 0) is 6.54 Å². The zero-order valence-corrected chi connectivity index (χ0v) is 13.4. The summed E-state index contributed by atoms with van der Waals surface area (Å²) in [5.74, 6) is 0.712. The Morgan fingerprint density at radius 2 is 2.00 bits per heavy atom. The molecular formula is C17H20N2OS. The van der Waals surface area contributed by atoms with Crippen molar-refractivity contribution in [2.45, 2.75) is 13.5 Å². The Morgan fingerprint density at radius 1 is 1.24 bits per heavy atom. The molecule has 0 fully saturated rings. The first-order valence-corrected chi connectivity index (χ1v) is 7.16. The summed E-state index contributed by atoms with van der Waals surface area (Å²) >= 11 is 5.08. The number of rotatable bonds is 5. The van der Waals surface area contributed by atoms with Crippen molar-refractivity contribution in [1.82, 2.24) is 0 Å². The fraction of sp³-hybridized carbons (Fsp3) is 0.235. The molecule has 2 aromatic rings. The van der Waals surface area contributed by atoms with Crippen LogP contribution in [0.2, 0.25) is 0 Å². The Kier molecular flexibility index (Phi) is 4.81. The van der Waals surface area contributed by atoms with Gasteiger partial charge in [0.25, 0.3) is 0 Å². The van der Waals surface area contributed by atoms with E-state index in [1.807, 2.05) is 18.2 Å². The van der Waals surface area contributed by atoms with Gasteiger partial charge in [0, 0.05) is 19.3 Å². The molecule has 2 rings (SSSR count). The molecular weight excluding hydrogens is 280 g/mol. The predicted octanol–water partition coefficient (Wildman–Crippen LogP) is 3.27. The highest BCUT2D eigenvalue weighted by atomic mass is 32.1. The molecule has 0 aromatic heterocycles. The summed E-state index contributed by atoms with van der Waals surface area (Å²) in [6.45, 7) is 2.87. The van der Waals surface area contributed by atoms with Gasteiger partial charge in [0.2, 0.25) is 0 Å². The van der Waals surface area contributed by atoms with Gasteiger partial charge in [-0.3, -0.25) is 0 Å². The molecule has 0 spiro atoms. The van der Waals surface area contributed by atoms with Crippen molar-refractivity contribution >= 4 is 22.9 Å². The Bertz CT molecular complexity index is 655. The van der Waals surface area contributed by atoms with Gasteiger partial charge >= 0.3 is 0 Å². The quantitative estimate of drug-likeness (QED) is 0.860. The summed E-state index contributed by atoms with van der Waals surface area (Å²) < 4.78 is 5.29. The van der Waals surface area contributed by atoms with Gasteiger partial charge in [0.05, 0.1) is 12.7 Å². The summed E-state index contributed by atoms with van der Waals surface area (Å²) in [7, 11) is 3.69. The molecule has 0 aliphatic rings. The van der Waals surface area contributed by atoms with Crippen LogP contribution in [0, 0.1) is 6.92 Å². The molecule has 0 heterocycles. The van der Waals surface area contributed by atoms with Gasteiger partial charge in [-0.1, -0.05) is 30.4 Å². The van der Waals surface area contributed by atoms with E-state index in [0.29, 0.717) is 10.7 Å². The number of ether oxygens (including phenoxy) is 1. The molecule has 0 bridgehead atoms. The van der Waals surface area contributed by atoms with Crippen LogP contribution in [0.25, 0.3) is 0 Å². The van der Waals surface area contributed by atoms with Crippen LogP contribution in [0.5, 0.6) is 5.75 Å². The molecule has 0 aliphatic heterocycles. The lowest BCUT2D eigenvalue weighted by Crippen LogP contribution is -2.17. The SMILES string of the molecule is COc1ccc(CN(C)c2cccc(C)c2)cc1C(N)=S. The molecule has 0 saturated carbocycles. The van der Waals surface area contributed by atoms with E-state index in [1.54, 1.807) is 7.11 Å². The first-order valence-electron chi connectivity index (χ1n) is 6.76. The number of hydrogen-bond acceptors (Lipinski definition) is 3. The molecule has 2 aromatic carbocycles. The van der Waals surface area contributed by atoms with Crippen molar-refractivity contribution in [3.05, 3.63) is 59.2 Å². The van der Waals surface area contributed by atoms with E-state index in [0.717, 1.165) is 17.7 Å². The summed E-state index contributed by atoms with van der Waals surface area (Å²) in [6.07, 6.45) is 0. The van der Waals surface area contributed by atoms with Gasteiger partial charge in [-0.25, -0.2) is 0 Å². The van der Waals surface area contributed by atoms with Crippen molar-refractivity contribution in [1.29, 1.82) is 0 Å². The van der Waals surface area contributed by atoms with E-state index in [-0.39, 0.29) is 0 Å². The molecule has 2 N–H and O–H groups in total. The Morgan fingerprint density at radius 3 is 2.62 bits per heavy atom. The van der Waals surface area contributed by atoms with Crippen LogP contribution in [0.15, 0.2) is 42.5 Å². The van der Waals surface area contributed by atoms with Crippen molar-refractivity contribution in [2.24, 2.45) is 5.73 Å². The van der Waals surface area contributed by atoms with E-state index in [9.17, 15) is 0 Å². The van der Waals surface area contributed by atoms with Crippen molar-refractivity contribution in [3.63, 3.8) is 0 Å². The number of anilines is 1. The highest BCUT2D eigenvalue weighted by Gasteiger charge is 2.09. The lowest BCUT2D eigenvalue weighted by molar-refractivity contribution is 0.414. The van der Waals surface area contributed by atoms with E-state index in [1.165, 1.54) is 11.3 Å². The minimum Gasteiger partial charge on any atom is -0.496 e. The van der Waals surface area contributed by atoms with Gasteiger partial charge in [0.1, 0.15) is 10.7 Å². The molecule has 0 aliphatic carbocycles. The maximum absolute atomic E-state index is 5.76. The van der Waals surface area contributed by atoms with Crippen LogP contribution < -0.4 is 15.4 Å². The number of nitrogens with two attached hydrogens (primary N) is 1. The van der Waals surface area contributed by atoms with Gasteiger partial charge in [-0.2, -0.15) is 0 Å². The van der Waals surface area contributed by atoms with E-state index < -0.39 is 0 Å². The van der Waals surface area contributed by atoms with Crippen LogP contribution in [0.3, 0.4) is 0 Å². The normalized spacial score (nSPS) is 10.2. The molecule has 21 heavy (non-hydrogen) atoms. The second kappa shape index (κ2) is 6.59. The van der Waals surface area contributed by atoms with E-state index in [2.05, 4.69) is 43.1 Å². The molecule has 110 valence electrons. The second-order valence-electron chi connectivity index (χ2n) is 5.09. The van der Waals surface area contributed by atoms with Gasteiger partial charge in [-0.05, 0) is 42.3 Å². The Balaban J connectivity index is 2.23. The molecule has 0 saturated heterocycles. The molecule has 0 unspecified atom stereocenters. The minimum absolute atomic E-state index is 0.354. The number of aryl methyl sites for hydroxylation is 1. The topological polar surface area (TPSA) is 38.5 Å². The van der Waals surface area contributed by atoms with Gasteiger partial charge < -0.3 is 15.4 Å². The number of hydrogen-bond donors (Lipinski definition) is 1. The molecule has 0 amide bonds. The van der Waals surface area contributed by atoms with Crippen LogP contribution in [-0.4, -0.2) is 19.1 Å². The summed E-state index contributed by atoms with van der Waals surface area (Å²) in [6, 6.07) is 14.4. The van der Waals surface area contributed by atoms with E-state index in [4.69, 9.17) is 22.7 Å². The average molecular weight is 300 g/mol. The highest BCUT2D eigenvalue weighted by molar-refractivity contribution is 7.80. The first kappa shape index (κ1) is 15.3. The third-order valence-corrected chi connectivity index (χ3v) is 3.61. The third kappa shape index (κ3) is 3.73. The minimum atomic E-state index is 0.354. The number of benzene rings is 2. The molecule has 0 atom stereocenters. The maximum Gasteiger partial charge on any atom is 0.129 e. The molecule has 4 heteroatoms. The van der Waals surface area contributed by atoms with Crippen LogP contribution in [0.4, 0.5) is 5.69 Å². The third-order valence-electron chi connectivity index (χ3n) is 3.39. The Labute approximate surface area is 131 Å². The van der Waals surface area contributed by atoms with Crippen LogP contribution in [0.1, 0.15) is 16.7 Å². The highest BCUT2D eigenvalue weighted by Crippen LogP contribution is 2.22. The smallest absolute Gasteiger partial charge is 0.129 e. The summed E-state index contributed by atoms with van der Waals surface area (Å²) in [4.78, 5) is 2.55. The van der Waals surface area contributed by atoms with E-state index >= 15 is 0 Å². The predicted molar refractivity (Wildman–Crippen MR) is 92.2 cm³/mol. The number of methoxy groups -OCH3 is 1. The fourth-order valence-electron chi connectivity index (χ4n) is 2.28. The van der Waals surface area contributed by atoms with Gasteiger partial charge in [-0.15, -0.1) is 0 Å². The molecule has 0 radical (unpaired) electrons. The summed E-state index contributed by atoms with van der Waals surface area (Å²) in [5.41, 5.74) is 10.1. The fourth-order valence-corrected chi connectivity index (χ4v) is 2.44. The monoisotopic (exact) mass is 300 g/mol. The zero-order valence-electron chi connectivity index (χ0n) is 12.6. The number of nitrogens with zero attached hydrogens (tertiary/aromatic N) is 1. The average Bonchev–Trinajstić information content (AvgIpc) is 2.47. The van der Waals surface area contributed by atoms with Crippen LogP contribution >= 0.6 is 12.2 Å². The Hall–Kier alpha value is -2.07. The standard InChI is InChI=1S/C17H20N2OS/c1-12-5-4-6-14(9-12)19(2)11-13-7-8-16(20-3)15(10-13)17(18)21/h4-10H,11H2,1-3H3,(H2,18,21).